The molecule has 2 aliphatic rings. The van der Waals surface area contributed by atoms with Gasteiger partial charge in [0.1, 0.15) is 11.2 Å². The molecule has 8 nitrogen and oxygen atoms in total. The molecule has 0 bridgehead atoms. The van der Waals surface area contributed by atoms with Crippen molar-refractivity contribution in [3.8, 4) is 0 Å². The molecular formula is C13H17N5O3. The van der Waals surface area contributed by atoms with E-state index in [4.69, 9.17) is 0 Å². The van der Waals surface area contributed by atoms with Gasteiger partial charge in [-0.05, 0) is 25.8 Å². The van der Waals surface area contributed by atoms with Crippen molar-refractivity contribution in [1.29, 1.82) is 0 Å². The van der Waals surface area contributed by atoms with Gasteiger partial charge in [0.15, 0.2) is 0 Å². The summed E-state index contributed by atoms with van der Waals surface area (Å²) in [6.07, 6.45) is 1.20. The minimum absolute atomic E-state index is 0.175. The van der Waals surface area contributed by atoms with Crippen molar-refractivity contribution in [2.75, 3.05) is 13.1 Å². The molecule has 4 amide bonds. The normalized spacial score (nSPS) is 25.1. The van der Waals surface area contributed by atoms with Gasteiger partial charge >= 0.3 is 6.03 Å². The van der Waals surface area contributed by atoms with Crippen LogP contribution in [0.4, 0.5) is 4.79 Å². The third-order valence-corrected chi connectivity index (χ3v) is 4.02. The lowest BCUT2D eigenvalue weighted by Gasteiger charge is -2.37. The van der Waals surface area contributed by atoms with E-state index < -0.39 is 11.6 Å². The van der Waals surface area contributed by atoms with Crippen LogP contribution in [0.15, 0.2) is 6.07 Å². The van der Waals surface area contributed by atoms with Crippen LogP contribution in [-0.2, 0) is 11.8 Å². The Morgan fingerprint density at radius 1 is 1.43 bits per heavy atom. The van der Waals surface area contributed by atoms with Crippen LogP contribution in [0.25, 0.3) is 0 Å². The quantitative estimate of drug-likeness (QED) is 0.684. The fraction of sp³-hybridized carbons (Fsp3) is 0.538. The zero-order valence-electron chi connectivity index (χ0n) is 12.0. The molecule has 3 heterocycles. The van der Waals surface area contributed by atoms with E-state index in [9.17, 15) is 14.4 Å². The highest BCUT2D eigenvalue weighted by atomic mass is 16.2. The second kappa shape index (κ2) is 4.57. The van der Waals surface area contributed by atoms with Crippen LogP contribution >= 0.6 is 0 Å². The highest BCUT2D eigenvalue weighted by Gasteiger charge is 2.49. The first kappa shape index (κ1) is 13.6. The van der Waals surface area contributed by atoms with Gasteiger partial charge < -0.3 is 10.2 Å². The van der Waals surface area contributed by atoms with Crippen molar-refractivity contribution in [2.45, 2.75) is 25.3 Å². The number of nitrogens with one attached hydrogen (secondary N) is 2. The zero-order chi connectivity index (χ0) is 15.2. The first-order valence-corrected chi connectivity index (χ1v) is 6.85. The topological polar surface area (TPSA) is 96.3 Å². The molecule has 2 aliphatic heterocycles. The number of aryl methyl sites for hydroxylation is 2. The van der Waals surface area contributed by atoms with Gasteiger partial charge in [-0.25, -0.2) is 4.79 Å². The number of hydrogen-bond donors (Lipinski definition) is 2. The van der Waals surface area contributed by atoms with Crippen molar-refractivity contribution in [3.05, 3.63) is 17.5 Å². The number of carbonyl (C=O) groups excluding carboxylic acids is 3. The highest BCUT2D eigenvalue weighted by molar-refractivity contribution is 6.07. The molecule has 1 spiro atoms. The maximum Gasteiger partial charge on any atom is 0.322 e. The maximum atomic E-state index is 12.6. The second-order valence-corrected chi connectivity index (χ2v) is 5.62. The van der Waals surface area contributed by atoms with Gasteiger partial charge in [-0.2, -0.15) is 5.10 Å². The Kier molecular flexibility index (Phi) is 2.96. The number of piperidine rings is 1. The number of hydrogen-bond acceptors (Lipinski definition) is 4. The van der Waals surface area contributed by atoms with Gasteiger partial charge in [0.2, 0.25) is 0 Å². The molecule has 0 saturated carbocycles. The summed E-state index contributed by atoms with van der Waals surface area (Å²) in [5.41, 5.74) is 0.257. The number of nitrogens with zero attached hydrogens (tertiary/aromatic N) is 3. The van der Waals surface area contributed by atoms with E-state index in [2.05, 4.69) is 15.7 Å². The molecule has 8 heteroatoms. The third kappa shape index (κ3) is 2.16. The summed E-state index contributed by atoms with van der Waals surface area (Å²) in [6, 6.07) is 1.22. The molecule has 1 aromatic heterocycles. The van der Waals surface area contributed by atoms with Gasteiger partial charge in [-0.15, -0.1) is 0 Å². The number of imide groups is 1. The van der Waals surface area contributed by atoms with Crippen LogP contribution < -0.4 is 10.6 Å². The summed E-state index contributed by atoms with van der Waals surface area (Å²) in [5.74, 6) is -0.530. The second-order valence-electron chi connectivity index (χ2n) is 5.62. The van der Waals surface area contributed by atoms with E-state index >= 15 is 0 Å². The van der Waals surface area contributed by atoms with E-state index in [1.165, 1.54) is 4.68 Å². The van der Waals surface area contributed by atoms with Crippen LogP contribution in [-0.4, -0.2) is 51.2 Å². The third-order valence-electron chi connectivity index (χ3n) is 4.02. The summed E-state index contributed by atoms with van der Waals surface area (Å²) in [4.78, 5) is 37.5. The Bertz CT molecular complexity index is 638. The van der Waals surface area contributed by atoms with Crippen molar-refractivity contribution in [2.24, 2.45) is 7.05 Å². The van der Waals surface area contributed by atoms with E-state index in [0.717, 1.165) is 5.69 Å². The van der Waals surface area contributed by atoms with E-state index in [-0.39, 0.29) is 18.4 Å². The Balaban J connectivity index is 1.83. The van der Waals surface area contributed by atoms with Crippen LogP contribution in [0.3, 0.4) is 0 Å². The molecule has 2 fully saturated rings. The zero-order valence-corrected chi connectivity index (χ0v) is 12.0. The van der Waals surface area contributed by atoms with Gasteiger partial charge in [-0.1, -0.05) is 0 Å². The minimum Gasteiger partial charge on any atom is -0.334 e. The van der Waals surface area contributed by atoms with Crippen molar-refractivity contribution in [1.82, 2.24) is 25.3 Å². The van der Waals surface area contributed by atoms with Crippen LogP contribution in [0.2, 0.25) is 0 Å². The van der Waals surface area contributed by atoms with E-state index in [1.807, 2.05) is 6.92 Å². The number of likely N-dealkylation sites (tertiary alicyclic amines) is 1. The van der Waals surface area contributed by atoms with Crippen molar-refractivity contribution < 1.29 is 14.4 Å². The van der Waals surface area contributed by atoms with Crippen molar-refractivity contribution in [3.63, 3.8) is 0 Å². The summed E-state index contributed by atoms with van der Waals surface area (Å²) in [5, 5.41) is 9.07. The lowest BCUT2D eigenvalue weighted by atomic mass is 9.89. The monoisotopic (exact) mass is 291 g/mol. The van der Waals surface area contributed by atoms with Gasteiger partial charge in [0, 0.05) is 13.6 Å². The van der Waals surface area contributed by atoms with Crippen LogP contribution in [0.5, 0.6) is 0 Å². The summed E-state index contributed by atoms with van der Waals surface area (Å²) in [7, 11) is 1.71. The predicted octanol–water partition coefficient (Wildman–Crippen LogP) is -0.457. The lowest BCUT2D eigenvalue weighted by molar-refractivity contribution is -0.125. The predicted molar refractivity (Wildman–Crippen MR) is 72.5 cm³/mol. The largest absolute Gasteiger partial charge is 0.334 e. The summed E-state index contributed by atoms with van der Waals surface area (Å²) >= 11 is 0. The smallest absolute Gasteiger partial charge is 0.322 e. The standard InChI is InChI=1S/C13H17N5O3/c1-8-6-9(17(2)16-8)10(19)18-5-3-4-13(7-18)11(20)14-12(21)15-13/h6H,3-5,7H2,1-2H3,(H2,14,15,20,21). The fourth-order valence-corrected chi connectivity index (χ4v) is 3.02. The molecule has 3 rings (SSSR count). The van der Waals surface area contributed by atoms with Crippen LogP contribution in [0.1, 0.15) is 29.0 Å². The first-order valence-electron chi connectivity index (χ1n) is 6.85. The Hall–Kier alpha value is -2.38. The number of amides is 4. The van der Waals surface area contributed by atoms with Crippen LogP contribution in [0, 0.1) is 6.92 Å². The average Bonchev–Trinajstić information content (AvgIpc) is 2.89. The molecule has 2 saturated heterocycles. The molecule has 1 atom stereocenters. The maximum absolute atomic E-state index is 12.6. The lowest BCUT2D eigenvalue weighted by Crippen LogP contribution is -2.59. The van der Waals surface area contributed by atoms with Crippen molar-refractivity contribution >= 4 is 17.8 Å². The van der Waals surface area contributed by atoms with E-state index in [0.29, 0.717) is 25.1 Å². The van der Waals surface area contributed by atoms with Gasteiger partial charge in [0.05, 0.1) is 12.2 Å². The minimum atomic E-state index is -0.987. The van der Waals surface area contributed by atoms with Gasteiger partial charge in [-0.3, -0.25) is 19.6 Å². The Morgan fingerprint density at radius 2 is 2.19 bits per heavy atom. The Morgan fingerprint density at radius 3 is 2.76 bits per heavy atom. The molecular weight excluding hydrogens is 274 g/mol. The highest BCUT2D eigenvalue weighted by Crippen LogP contribution is 2.25. The molecule has 1 unspecified atom stereocenters. The first-order chi connectivity index (χ1) is 9.91. The number of urea groups is 1. The molecule has 0 radical (unpaired) electrons. The molecule has 0 aromatic carbocycles. The molecule has 2 N–H and O–H groups in total. The molecule has 0 aliphatic carbocycles. The fourth-order valence-electron chi connectivity index (χ4n) is 3.02. The van der Waals surface area contributed by atoms with Gasteiger partial charge in [0.25, 0.3) is 11.8 Å². The average molecular weight is 291 g/mol. The number of rotatable bonds is 1. The SMILES string of the molecule is Cc1cc(C(=O)N2CCCC3(C2)NC(=O)NC3=O)n(C)n1. The molecule has 21 heavy (non-hydrogen) atoms. The number of carbonyl (C=O) groups is 3. The molecule has 1 aromatic rings. The summed E-state index contributed by atoms with van der Waals surface area (Å²) < 4.78 is 1.53. The van der Waals surface area contributed by atoms with E-state index in [1.54, 1.807) is 18.0 Å². The number of aromatic nitrogens is 2. The molecule has 112 valence electrons. The summed E-state index contributed by atoms with van der Waals surface area (Å²) in [6.45, 7) is 2.57. The Labute approximate surface area is 121 Å².